The number of rotatable bonds is 10. The van der Waals surface area contributed by atoms with Gasteiger partial charge in [0, 0.05) is 29.7 Å². The molecule has 0 aliphatic rings. The minimum Gasteiger partial charge on any atom is -0.494 e. The monoisotopic (exact) mass is 474 g/mol. The maximum Gasteiger partial charge on any atom is 0.350 e. The van der Waals surface area contributed by atoms with Gasteiger partial charge in [0.15, 0.2) is 5.82 Å². The second-order valence-electron chi connectivity index (χ2n) is 7.45. The number of nitrogens with one attached hydrogen (secondary N) is 3. The number of anilines is 1. The third-order valence-corrected chi connectivity index (χ3v) is 5.01. The summed E-state index contributed by atoms with van der Waals surface area (Å²) in [6.45, 7) is 4.77. The Balaban J connectivity index is 1.80. The number of aromatic amines is 1. The van der Waals surface area contributed by atoms with Gasteiger partial charge in [0.25, 0.3) is 5.95 Å². The fourth-order valence-corrected chi connectivity index (χ4v) is 3.49. The van der Waals surface area contributed by atoms with Gasteiger partial charge in [-0.05, 0) is 61.9 Å². The first kappa shape index (κ1) is 23.5. The second kappa shape index (κ2) is 10.5. The molecular formula is C24H26N8O3. The number of amidine groups is 1. The predicted molar refractivity (Wildman–Crippen MR) is 131 cm³/mol. The van der Waals surface area contributed by atoms with Gasteiger partial charge < -0.3 is 20.5 Å². The summed E-state index contributed by atoms with van der Waals surface area (Å²) < 4.78 is 12.6. The van der Waals surface area contributed by atoms with E-state index in [2.05, 4.69) is 25.4 Å². The van der Waals surface area contributed by atoms with Crippen molar-refractivity contribution in [2.75, 3.05) is 18.5 Å². The van der Waals surface area contributed by atoms with Gasteiger partial charge in [-0.1, -0.05) is 0 Å². The highest BCUT2D eigenvalue weighted by Gasteiger charge is 2.22. The molecule has 4 aromatic rings. The number of aromatic nitrogens is 5. The zero-order valence-electron chi connectivity index (χ0n) is 19.4. The summed E-state index contributed by atoms with van der Waals surface area (Å²) in [5.41, 5.74) is 7.19. The topological polar surface area (TPSA) is 157 Å². The molecule has 2 aromatic carbocycles. The van der Waals surface area contributed by atoms with Crippen LogP contribution >= 0.6 is 0 Å². The highest BCUT2D eigenvalue weighted by molar-refractivity contribution is 5.95. The van der Waals surface area contributed by atoms with Gasteiger partial charge in [-0.25, -0.2) is 14.8 Å². The summed E-state index contributed by atoms with van der Waals surface area (Å²) in [5, 5.41) is 15.5. The normalized spacial score (nSPS) is 11.6. The first-order chi connectivity index (χ1) is 17.0. The molecule has 0 saturated carbocycles. The van der Waals surface area contributed by atoms with Crippen LogP contribution in [0, 0.1) is 5.41 Å². The van der Waals surface area contributed by atoms with Crippen LogP contribution in [-0.2, 0) is 0 Å². The van der Waals surface area contributed by atoms with Gasteiger partial charge in [-0.2, -0.15) is 0 Å². The summed E-state index contributed by atoms with van der Waals surface area (Å²) in [6, 6.07) is 13.7. The van der Waals surface area contributed by atoms with Crippen molar-refractivity contribution in [3.63, 3.8) is 0 Å². The van der Waals surface area contributed by atoms with Crippen LogP contribution in [0.5, 0.6) is 11.5 Å². The number of H-pyrrole nitrogens is 1. The molecule has 0 aliphatic heterocycles. The third-order valence-electron chi connectivity index (χ3n) is 5.01. The van der Waals surface area contributed by atoms with Crippen LogP contribution in [0.4, 0.5) is 5.69 Å². The Kier molecular flexibility index (Phi) is 7.05. The third kappa shape index (κ3) is 5.46. The van der Waals surface area contributed by atoms with E-state index in [1.54, 1.807) is 30.3 Å². The molecular weight excluding hydrogens is 448 g/mol. The maximum atomic E-state index is 12.7. The molecule has 0 bridgehead atoms. The second-order valence-corrected chi connectivity index (χ2v) is 7.45. The van der Waals surface area contributed by atoms with Crippen molar-refractivity contribution in [2.24, 2.45) is 5.73 Å². The van der Waals surface area contributed by atoms with Crippen molar-refractivity contribution in [1.29, 1.82) is 5.41 Å². The predicted octanol–water partition coefficient (Wildman–Crippen LogP) is 2.63. The maximum absolute atomic E-state index is 12.7. The van der Waals surface area contributed by atoms with Crippen LogP contribution in [0.2, 0.25) is 0 Å². The van der Waals surface area contributed by atoms with Crippen LogP contribution in [0.15, 0.2) is 65.7 Å². The number of benzene rings is 2. The van der Waals surface area contributed by atoms with E-state index in [1.165, 1.54) is 12.4 Å². The van der Waals surface area contributed by atoms with E-state index in [0.717, 1.165) is 15.9 Å². The van der Waals surface area contributed by atoms with Crippen molar-refractivity contribution in [1.82, 2.24) is 24.7 Å². The van der Waals surface area contributed by atoms with E-state index < -0.39 is 11.7 Å². The minimum atomic E-state index is -0.588. The number of ether oxygens (including phenoxy) is 2. The Hall–Kier alpha value is -4.67. The Bertz CT molecular complexity index is 1330. The van der Waals surface area contributed by atoms with Crippen LogP contribution in [0.3, 0.4) is 0 Å². The Morgan fingerprint density at radius 3 is 2.29 bits per heavy atom. The van der Waals surface area contributed by atoms with Gasteiger partial charge in [0.05, 0.1) is 13.2 Å². The highest BCUT2D eigenvalue weighted by Crippen LogP contribution is 2.31. The van der Waals surface area contributed by atoms with E-state index in [4.69, 9.17) is 20.6 Å². The smallest absolute Gasteiger partial charge is 0.350 e. The SMILES string of the molecule is CCOc1cc(OCC)cc(C(Nc2ccc(C(=N)N)cc2)c2nn(-c3ncccn3)c(=O)[nH]2)c1. The number of hydrogen-bond acceptors (Lipinski definition) is 8. The molecule has 0 amide bonds. The van der Waals surface area contributed by atoms with Crippen molar-refractivity contribution in [3.8, 4) is 17.4 Å². The van der Waals surface area contributed by atoms with Gasteiger partial charge in [0.1, 0.15) is 23.4 Å². The van der Waals surface area contributed by atoms with Crippen molar-refractivity contribution in [3.05, 3.63) is 88.4 Å². The summed E-state index contributed by atoms with van der Waals surface area (Å²) in [5.74, 6) is 1.72. The Labute approximate surface area is 201 Å². The molecule has 4 rings (SSSR count). The van der Waals surface area contributed by atoms with E-state index in [-0.39, 0.29) is 11.8 Å². The minimum absolute atomic E-state index is 0.0233. The number of nitrogen functional groups attached to an aromatic ring is 1. The lowest BCUT2D eigenvalue weighted by molar-refractivity contribution is 0.322. The molecule has 0 saturated heterocycles. The summed E-state index contributed by atoms with van der Waals surface area (Å²) in [7, 11) is 0. The summed E-state index contributed by atoms with van der Waals surface area (Å²) in [6.07, 6.45) is 3.07. The van der Waals surface area contributed by atoms with Gasteiger partial charge in [-0.3, -0.25) is 10.4 Å². The molecule has 0 spiro atoms. The Morgan fingerprint density at radius 1 is 1.09 bits per heavy atom. The highest BCUT2D eigenvalue weighted by atomic mass is 16.5. The fourth-order valence-electron chi connectivity index (χ4n) is 3.49. The van der Waals surface area contributed by atoms with E-state index in [0.29, 0.717) is 36.1 Å². The summed E-state index contributed by atoms with van der Waals surface area (Å²) >= 11 is 0. The standard InChI is InChI=1S/C24H26N8O3/c1-3-34-18-12-16(13-19(14-18)35-4-2)20(29-17-8-6-15(7-9-17)21(25)26)22-30-24(33)32(31-22)23-27-10-5-11-28-23/h5-14,20,29H,3-4H2,1-2H3,(H3,25,26)(H,30,31,33). The first-order valence-corrected chi connectivity index (χ1v) is 11.1. The molecule has 0 fully saturated rings. The van der Waals surface area contributed by atoms with E-state index in [1.807, 2.05) is 32.0 Å². The molecule has 1 unspecified atom stereocenters. The molecule has 11 heteroatoms. The lowest BCUT2D eigenvalue weighted by Crippen LogP contribution is -2.18. The van der Waals surface area contributed by atoms with Crippen LogP contribution in [-0.4, -0.2) is 43.8 Å². The van der Waals surface area contributed by atoms with Crippen LogP contribution < -0.4 is 26.2 Å². The molecule has 11 nitrogen and oxygen atoms in total. The van der Waals surface area contributed by atoms with Crippen molar-refractivity contribution < 1.29 is 9.47 Å². The molecule has 0 radical (unpaired) electrons. The summed E-state index contributed by atoms with van der Waals surface area (Å²) in [4.78, 5) is 23.8. The first-order valence-electron chi connectivity index (χ1n) is 11.1. The van der Waals surface area contributed by atoms with Crippen molar-refractivity contribution in [2.45, 2.75) is 19.9 Å². The average molecular weight is 475 g/mol. The molecule has 1 atom stereocenters. The van der Waals surface area contributed by atoms with Crippen LogP contribution in [0.1, 0.15) is 36.8 Å². The molecule has 180 valence electrons. The van der Waals surface area contributed by atoms with E-state index >= 15 is 0 Å². The molecule has 0 aliphatic carbocycles. The average Bonchev–Trinajstić information content (AvgIpc) is 3.25. The zero-order chi connectivity index (χ0) is 24.8. The number of nitrogens with zero attached hydrogens (tertiary/aromatic N) is 4. The lowest BCUT2D eigenvalue weighted by atomic mass is 10.0. The quantitative estimate of drug-likeness (QED) is 0.202. The number of hydrogen-bond donors (Lipinski definition) is 4. The molecule has 2 heterocycles. The lowest BCUT2D eigenvalue weighted by Gasteiger charge is -2.20. The zero-order valence-corrected chi connectivity index (χ0v) is 19.4. The Morgan fingerprint density at radius 2 is 1.71 bits per heavy atom. The van der Waals surface area contributed by atoms with Gasteiger partial charge >= 0.3 is 5.69 Å². The largest absolute Gasteiger partial charge is 0.494 e. The number of nitrogens with two attached hydrogens (primary N) is 1. The van der Waals surface area contributed by atoms with Gasteiger partial charge in [0.2, 0.25) is 0 Å². The molecule has 5 N–H and O–H groups in total. The van der Waals surface area contributed by atoms with Gasteiger partial charge in [-0.15, -0.1) is 9.78 Å². The van der Waals surface area contributed by atoms with Crippen LogP contribution in [0.25, 0.3) is 5.95 Å². The molecule has 2 aromatic heterocycles. The fraction of sp³-hybridized carbons (Fsp3) is 0.208. The molecule has 35 heavy (non-hydrogen) atoms. The van der Waals surface area contributed by atoms with Crippen molar-refractivity contribution >= 4 is 11.5 Å². The van der Waals surface area contributed by atoms with E-state index in [9.17, 15) is 4.79 Å².